The summed E-state index contributed by atoms with van der Waals surface area (Å²) in [6, 6.07) is 0. The van der Waals surface area contributed by atoms with Crippen LogP contribution in [0.5, 0.6) is 0 Å². The molecule has 10 heavy (non-hydrogen) atoms. The number of hydrogen-bond donors (Lipinski definition) is 0. The molecule has 1 unspecified atom stereocenters. The average molecular weight is 160 g/mol. The van der Waals surface area contributed by atoms with E-state index in [4.69, 9.17) is 9.47 Å². The minimum atomic E-state index is -0.549. The van der Waals surface area contributed by atoms with Crippen LogP contribution in [0.3, 0.4) is 0 Å². The Bertz CT molecular complexity index is 108. The maximum atomic E-state index is 5.19. The van der Waals surface area contributed by atoms with E-state index in [9.17, 15) is 0 Å². The van der Waals surface area contributed by atoms with Crippen molar-refractivity contribution in [2.75, 3.05) is 14.2 Å². The predicted octanol–water partition coefficient (Wildman–Crippen LogP) is 0.335. The fourth-order valence-electron chi connectivity index (χ4n) is 0.957. The number of rotatable bonds is 4. The molecule has 0 bridgehead atoms. The van der Waals surface area contributed by atoms with Gasteiger partial charge in [0.2, 0.25) is 0 Å². The van der Waals surface area contributed by atoms with Gasteiger partial charge in [-0.1, -0.05) is 13.5 Å². The van der Waals surface area contributed by atoms with Gasteiger partial charge in [0.15, 0.2) is 5.79 Å². The van der Waals surface area contributed by atoms with Gasteiger partial charge in [0, 0.05) is 24.5 Å². The third-order valence-electron chi connectivity index (χ3n) is 1.73. The molecular weight excluding hydrogens is 144 g/mol. The normalized spacial score (nSPS) is 15.1. The van der Waals surface area contributed by atoms with Crippen LogP contribution in [0.2, 0.25) is 5.54 Å². The Morgan fingerprint density at radius 1 is 1.50 bits per heavy atom. The Kier molecular flexibility index (Phi) is 3.86. The molecular formula is C7H16O2Si. The molecule has 0 fully saturated rings. The summed E-state index contributed by atoms with van der Waals surface area (Å²) in [5.74, 6) is -0.549. The molecule has 0 saturated carbocycles. The summed E-state index contributed by atoms with van der Waals surface area (Å²) in [6.45, 7) is 5.75. The monoisotopic (exact) mass is 160 g/mol. The SMILES string of the molecule is C=CC(OC)(OC)C(C)[SiH3]. The lowest BCUT2D eigenvalue weighted by Gasteiger charge is -2.31. The Hall–Kier alpha value is -0.123. The Labute approximate surface area is 65.6 Å². The third kappa shape index (κ3) is 1.68. The van der Waals surface area contributed by atoms with Crippen molar-refractivity contribution in [2.24, 2.45) is 0 Å². The summed E-state index contributed by atoms with van der Waals surface area (Å²) in [7, 11) is 4.31. The van der Waals surface area contributed by atoms with Crippen LogP contribution in [0.15, 0.2) is 12.7 Å². The first-order valence-electron chi connectivity index (χ1n) is 3.37. The van der Waals surface area contributed by atoms with Gasteiger partial charge >= 0.3 is 0 Å². The van der Waals surface area contributed by atoms with Crippen molar-refractivity contribution in [1.29, 1.82) is 0 Å². The first-order chi connectivity index (χ1) is 4.63. The van der Waals surface area contributed by atoms with Crippen molar-refractivity contribution in [3.63, 3.8) is 0 Å². The van der Waals surface area contributed by atoms with Gasteiger partial charge in [-0.2, -0.15) is 0 Å². The minimum absolute atomic E-state index is 0.417. The summed E-state index contributed by atoms with van der Waals surface area (Å²) < 4.78 is 10.4. The van der Waals surface area contributed by atoms with Gasteiger partial charge < -0.3 is 9.47 Å². The molecule has 60 valence electrons. The van der Waals surface area contributed by atoms with Crippen molar-refractivity contribution < 1.29 is 9.47 Å². The van der Waals surface area contributed by atoms with Crippen LogP contribution in [-0.4, -0.2) is 30.2 Å². The fraction of sp³-hybridized carbons (Fsp3) is 0.714. The molecule has 0 aromatic carbocycles. The smallest absolute Gasteiger partial charge is 0.186 e. The first kappa shape index (κ1) is 9.88. The van der Waals surface area contributed by atoms with Gasteiger partial charge in [-0.15, -0.1) is 0 Å². The van der Waals surface area contributed by atoms with Crippen molar-refractivity contribution in [3.8, 4) is 0 Å². The lowest BCUT2D eigenvalue weighted by molar-refractivity contribution is -0.170. The van der Waals surface area contributed by atoms with Gasteiger partial charge in [0.1, 0.15) is 0 Å². The van der Waals surface area contributed by atoms with Crippen LogP contribution < -0.4 is 0 Å². The number of methoxy groups -OCH3 is 2. The predicted molar refractivity (Wildman–Crippen MR) is 46.3 cm³/mol. The van der Waals surface area contributed by atoms with E-state index in [1.165, 1.54) is 0 Å². The van der Waals surface area contributed by atoms with Crippen LogP contribution in [0, 0.1) is 0 Å². The minimum Gasteiger partial charge on any atom is -0.350 e. The topological polar surface area (TPSA) is 18.5 Å². The largest absolute Gasteiger partial charge is 0.350 e. The van der Waals surface area contributed by atoms with E-state index < -0.39 is 5.79 Å². The number of ether oxygens (including phenoxy) is 2. The van der Waals surface area contributed by atoms with Gasteiger partial charge in [0.05, 0.1) is 0 Å². The molecule has 0 radical (unpaired) electrons. The van der Waals surface area contributed by atoms with Crippen molar-refractivity contribution in [2.45, 2.75) is 18.3 Å². The van der Waals surface area contributed by atoms with Crippen LogP contribution in [0.4, 0.5) is 0 Å². The summed E-state index contributed by atoms with van der Waals surface area (Å²) in [5, 5.41) is 0. The molecule has 0 aromatic rings. The maximum Gasteiger partial charge on any atom is 0.186 e. The zero-order valence-corrected chi connectivity index (χ0v) is 9.18. The van der Waals surface area contributed by atoms with Gasteiger partial charge in [-0.3, -0.25) is 0 Å². The van der Waals surface area contributed by atoms with E-state index in [1.54, 1.807) is 20.3 Å². The highest BCUT2D eigenvalue weighted by atomic mass is 28.1. The van der Waals surface area contributed by atoms with E-state index in [1.807, 2.05) is 0 Å². The molecule has 0 aliphatic carbocycles. The van der Waals surface area contributed by atoms with Gasteiger partial charge in [-0.25, -0.2) is 0 Å². The molecule has 0 heterocycles. The Morgan fingerprint density at radius 2 is 1.90 bits per heavy atom. The maximum absolute atomic E-state index is 5.19. The first-order valence-corrected chi connectivity index (χ1v) is 4.52. The molecule has 0 rings (SSSR count). The lowest BCUT2D eigenvalue weighted by Crippen LogP contribution is -2.35. The molecule has 0 aliphatic heterocycles. The summed E-state index contributed by atoms with van der Waals surface area (Å²) >= 11 is 0. The molecule has 3 heteroatoms. The highest BCUT2D eigenvalue weighted by Crippen LogP contribution is 2.25. The quantitative estimate of drug-likeness (QED) is 0.335. The van der Waals surface area contributed by atoms with Crippen molar-refractivity contribution in [1.82, 2.24) is 0 Å². The molecule has 0 N–H and O–H groups in total. The zero-order chi connectivity index (χ0) is 8.20. The summed E-state index contributed by atoms with van der Waals surface area (Å²) in [4.78, 5) is 0. The van der Waals surface area contributed by atoms with E-state index in [-0.39, 0.29) is 0 Å². The second-order valence-corrected chi connectivity index (χ2v) is 4.22. The highest BCUT2D eigenvalue weighted by Gasteiger charge is 2.29. The van der Waals surface area contributed by atoms with E-state index >= 15 is 0 Å². The van der Waals surface area contributed by atoms with Crippen LogP contribution in [-0.2, 0) is 9.47 Å². The number of hydrogen-bond acceptors (Lipinski definition) is 2. The average Bonchev–Trinajstić information content (AvgIpc) is 1.92. The van der Waals surface area contributed by atoms with Gasteiger partial charge in [0.25, 0.3) is 0 Å². The second-order valence-electron chi connectivity index (χ2n) is 2.49. The molecule has 0 aliphatic rings. The van der Waals surface area contributed by atoms with Crippen LogP contribution in [0.25, 0.3) is 0 Å². The van der Waals surface area contributed by atoms with Crippen LogP contribution in [0.1, 0.15) is 6.92 Å². The van der Waals surface area contributed by atoms with Gasteiger partial charge in [-0.05, 0) is 11.6 Å². The molecule has 0 amide bonds. The molecule has 0 aromatic heterocycles. The highest BCUT2D eigenvalue weighted by molar-refractivity contribution is 6.12. The van der Waals surface area contributed by atoms with E-state index in [2.05, 4.69) is 13.5 Å². The second kappa shape index (κ2) is 3.90. The molecule has 0 spiro atoms. The summed E-state index contributed by atoms with van der Waals surface area (Å²) in [5.41, 5.74) is 0.417. The lowest BCUT2D eigenvalue weighted by atomic mass is 10.2. The van der Waals surface area contributed by atoms with Crippen molar-refractivity contribution in [3.05, 3.63) is 12.7 Å². The fourth-order valence-corrected chi connectivity index (χ4v) is 1.66. The molecule has 2 nitrogen and oxygen atoms in total. The Morgan fingerprint density at radius 3 is 1.90 bits per heavy atom. The van der Waals surface area contributed by atoms with Crippen LogP contribution >= 0.6 is 0 Å². The zero-order valence-electron chi connectivity index (χ0n) is 7.18. The molecule has 0 saturated heterocycles. The van der Waals surface area contributed by atoms with E-state index in [0.29, 0.717) is 5.54 Å². The van der Waals surface area contributed by atoms with Crippen molar-refractivity contribution >= 4 is 10.2 Å². The summed E-state index contributed by atoms with van der Waals surface area (Å²) in [6.07, 6.45) is 1.71. The van der Waals surface area contributed by atoms with E-state index in [0.717, 1.165) is 10.2 Å². The third-order valence-corrected chi connectivity index (χ3v) is 2.53. The molecule has 1 atom stereocenters. The standard InChI is InChI=1S/C7H16O2Si/c1-5-7(8-3,9-4)6(2)10/h5-6H,1H2,2-4,10H3. The Balaban J connectivity index is 4.30.